The molecule has 4 aromatic rings. The van der Waals surface area contributed by atoms with Crippen molar-refractivity contribution in [3.8, 4) is 29.0 Å². The summed E-state index contributed by atoms with van der Waals surface area (Å²) < 4.78 is 45.1. The first-order chi connectivity index (χ1) is 22.2. The quantitative estimate of drug-likeness (QED) is 0.256. The van der Waals surface area contributed by atoms with Crippen LogP contribution in [-0.2, 0) is 0 Å². The number of nitrogens with one attached hydrogen (secondary N) is 1. The Kier molecular flexibility index (Phi) is 7.36. The molecular weight excluding hydrogens is 632 g/mol. The number of halogens is 3. The van der Waals surface area contributed by atoms with E-state index in [9.17, 15) is 9.65 Å². The van der Waals surface area contributed by atoms with Gasteiger partial charge in [0.2, 0.25) is 0 Å². The van der Waals surface area contributed by atoms with Crippen LogP contribution in [0.3, 0.4) is 0 Å². The summed E-state index contributed by atoms with van der Waals surface area (Å²) >= 11 is 8.02. The van der Waals surface area contributed by atoms with Crippen LogP contribution in [0.1, 0.15) is 51.0 Å². The van der Waals surface area contributed by atoms with Crippen molar-refractivity contribution in [2.24, 2.45) is 0 Å². The number of rotatable bonds is 5. The number of likely N-dealkylation sites (N-methyl/N-ethyl adjacent to an activating group) is 1. The van der Waals surface area contributed by atoms with E-state index in [1.807, 2.05) is 6.92 Å². The van der Waals surface area contributed by atoms with Crippen molar-refractivity contribution in [2.45, 2.75) is 75.7 Å². The zero-order valence-electron chi connectivity index (χ0n) is 25.6. The van der Waals surface area contributed by atoms with Gasteiger partial charge in [0.05, 0.1) is 27.2 Å². The van der Waals surface area contributed by atoms with E-state index in [-0.39, 0.29) is 72.3 Å². The van der Waals surface area contributed by atoms with Gasteiger partial charge in [-0.3, -0.25) is 4.90 Å². The van der Waals surface area contributed by atoms with Gasteiger partial charge in [-0.2, -0.15) is 15.2 Å². The molecule has 0 spiro atoms. The third-order valence-electron chi connectivity index (χ3n) is 10.3. The van der Waals surface area contributed by atoms with Crippen LogP contribution < -0.4 is 25.4 Å². The Balaban J connectivity index is 1.36. The molecule has 3 N–H and O–H groups in total. The van der Waals surface area contributed by atoms with E-state index in [0.717, 1.165) is 56.4 Å². The summed E-state index contributed by atoms with van der Waals surface area (Å²) in [5, 5.41) is 14.4. The van der Waals surface area contributed by atoms with Crippen molar-refractivity contribution in [3.05, 3.63) is 34.4 Å². The van der Waals surface area contributed by atoms with Crippen molar-refractivity contribution >= 4 is 54.7 Å². The molecule has 2 bridgehead atoms. The van der Waals surface area contributed by atoms with Crippen LogP contribution in [0, 0.1) is 23.0 Å². The molecule has 4 atom stereocenters. The van der Waals surface area contributed by atoms with Gasteiger partial charge in [0.1, 0.15) is 40.9 Å². The largest absolute Gasteiger partial charge is 0.489 e. The highest BCUT2D eigenvalue weighted by atomic mass is 35.5. The summed E-state index contributed by atoms with van der Waals surface area (Å²) in [4.78, 5) is 14.2. The molecule has 2 aromatic carbocycles. The summed E-state index contributed by atoms with van der Waals surface area (Å²) in [7, 11) is 2.08. The normalized spacial score (nSPS) is 25.1. The zero-order valence-corrected chi connectivity index (χ0v) is 27.1. The van der Waals surface area contributed by atoms with Gasteiger partial charge in [0.15, 0.2) is 11.6 Å². The Morgan fingerprint density at radius 2 is 1.96 bits per heavy atom. The highest BCUT2D eigenvalue weighted by Gasteiger charge is 2.40. The molecule has 46 heavy (non-hydrogen) atoms. The average molecular weight is 666 g/mol. The Bertz CT molecular complexity index is 1920. The van der Waals surface area contributed by atoms with Crippen LogP contribution in [0.4, 0.5) is 19.6 Å². The number of hydrogen-bond acceptors (Lipinski definition) is 10. The van der Waals surface area contributed by atoms with Crippen LogP contribution in [0.5, 0.6) is 11.8 Å². The summed E-state index contributed by atoms with van der Waals surface area (Å²) in [6.45, 7) is 3.80. The molecule has 2 unspecified atom stereocenters. The minimum atomic E-state index is -0.722. The number of hydrogen-bond donors (Lipinski definition) is 2. The molecule has 9 nitrogen and oxygen atoms in total. The molecule has 8 rings (SSSR count). The summed E-state index contributed by atoms with van der Waals surface area (Å²) in [5.74, 6) is -0.474. The molecule has 0 saturated carbocycles. The summed E-state index contributed by atoms with van der Waals surface area (Å²) in [6.07, 6.45) is 5.97. The van der Waals surface area contributed by atoms with Crippen LogP contribution >= 0.6 is 22.9 Å². The smallest absolute Gasteiger partial charge is 0.319 e. The molecular formula is C33H34ClF2N7O2S. The second-order valence-electron chi connectivity index (χ2n) is 13.0. The lowest BCUT2D eigenvalue weighted by molar-refractivity contribution is 0.112. The van der Waals surface area contributed by atoms with E-state index < -0.39 is 11.6 Å². The van der Waals surface area contributed by atoms with Gasteiger partial charge in [0.25, 0.3) is 0 Å². The molecule has 3 saturated heterocycles. The van der Waals surface area contributed by atoms with Gasteiger partial charge in [-0.1, -0.05) is 17.7 Å². The van der Waals surface area contributed by atoms with Gasteiger partial charge in [-0.25, -0.2) is 8.78 Å². The predicted octanol–water partition coefficient (Wildman–Crippen LogP) is 6.24. The number of aromatic nitrogens is 2. The number of nitrogens with zero attached hydrogens (tertiary/aromatic N) is 5. The minimum absolute atomic E-state index is 0.00404. The molecule has 240 valence electrons. The third kappa shape index (κ3) is 4.66. The van der Waals surface area contributed by atoms with E-state index >= 15 is 4.39 Å². The molecule has 0 amide bonds. The maximum absolute atomic E-state index is 17.2. The molecule has 13 heteroatoms. The van der Waals surface area contributed by atoms with Crippen LogP contribution in [0.2, 0.25) is 5.02 Å². The van der Waals surface area contributed by atoms with E-state index in [2.05, 4.69) is 33.2 Å². The number of likely N-dealkylation sites (tertiary alicyclic amines) is 1. The van der Waals surface area contributed by atoms with Crippen LogP contribution in [0.25, 0.3) is 32.1 Å². The number of fused-ring (bicyclic) bond motifs is 3. The molecule has 2 aromatic heterocycles. The second kappa shape index (κ2) is 11.3. The zero-order chi connectivity index (χ0) is 31.9. The van der Waals surface area contributed by atoms with Crippen molar-refractivity contribution in [1.82, 2.24) is 20.2 Å². The van der Waals surface area contributed by atoms with Crippen molar-refractivity contribution in [3.63, 3.8) is 0 Å². The van der Waals surface area contributed by atoms with Gasteiger partial charge in [0, 0.05) is 35.1 Å². The molecule has 3 fully saturated rings. The third-order valence-corrected chi connectivity index (χ3v) is 11.7. The number of nitriles is 1. The second-order valence-corrected chi connectivity index (χ2v) is 14.4. The maximum atomic E-state index is 17.2. The number of benzene rings is 2. The summed E-state index contributed by atoms with van der Waals surface area (Å²) in [6, 6.07) is 6.02. The monoisotopic (exact) mass is 665 g/mol. The lowest BCUT2D eigenvalue weighted by atomic mass is 9.95. The Labute approximate surface area is 274 Å². The van der Waals surface area contributed by atoms with Crippen molar-refractivity contribution < 1.29 is 18.3 Å². The average Bonchev–Trinajstić information content (AvgIpc) is 3.68. The molecule has 6 heterocycles. The lowest BCUT2D eigenvalue weighted by Crippen LogP contribution is -2.49. The maximum Gasteiger partial charge on any atom is 0.319 e. The first-order valence-electron chi connectivity index (χ1n) is 15.9. The van der Waals surface area contributed by atoms with Gasteiger partial charge in [-0.15, -0.1) is 11.3 Å². The van der Waals surface area contributed by atoms with Gasteiger partial charge in [-0.05, 0) is 70.7 Å². The number of nitrogens with two attached hydrogens (primary N) is 1. The first kappa shape index (κ1) is 29.9. The first-order valence-corrected chi connectivity index (χ1v) is 17.1. The van der Waals surface area contributed by atoms with Crippen LogP contribution in [0.15, 0.2) is 12.1 Å². The Morgan fingerprint density at radius 1 is 1.17 bits per heavy atom. The fraction of sp³-hybridized carbons (Fsp3) is 0.485. The number of ether oxygens (including phenoxy) is 2. The highest BCUT2D eigenvalue weighted by molar-refractivity contribution is 7.23. The van der Waals surface area contributed by atoms with Gasteiger partial charge < -0.3 is 25.4 Å². The SMILES string of the molecule is C[C@H](Oc1nc2c3c(c(Cl)c(-c4ccc(F)c5sc(N)c(C#N)c45)c(F)c3n1)OCCN2C1CC2CCC(C1)N2)[C@@H]1CCCN1C. The number of piperidine rings is 1. The van der Waals surface area contributed by atoms with Gasteiger partial charge >= 0.3 is 6.01 Å². The Morgan fingerprint density at radius 3 is 2.67 bits per heavy atom. The van der Waals surface area contributed by atoms with E-state index in [1.165, 1.54) is 12.1 Å². The molecule has 4 aliphatic heterocycles. The lowest BCUT2D eigenvalue weighted by Gasteiger charge is -2.38. The number of thiophene rings is 1. The number of nitrogen functional groups attached to an aromatic ring is 1. The topological polar surface area (TPSA) is 113 Å². The fourth-order valence-corrected chi connectivity index (χ4v) is 9.42. The van der Waals surface area contributed by atoms with Crippen molar-refractivity contribution in [1.29, 1.82) is 5.26 Å². The minimum Gasteiger partial charge on any atom is -0.489 e. The highest BCUT2D eigenvalue weighted by Crippen LogP contribution is 2.51. The van der Waals surface area contributed by atoms with Crippen LogP contribution in [-0.4, -0.2) is 71.9 Å². The van der Waals surface area contributed by atoms with E-state index in [4.69, 9.17) is 31.8 Å². The van der Waals surface area contributed by atoms with E-state index in [0.29, 0.717) is 36.4 Å². The predicted molar refractivity (Wildman–Crippen MR) is 176 cm³/mol. The Hall–Kier alpha value is -3.50. The van der Waals surface area contributed by atoms with E-state index in [1.54, 1.807) is 0 Å². The van der Waals surface area contributed by atoms with Crippen molar-refractivity contribution in [2.75, 3.05) is 37.4 Å². The standard InChI is InChI=1S/C33H34ClF2N7O2S/c1-15(22-4-3-9-42(22)2)45-33-40-28-25-29(44-11-10-43(32(25)41-33)18-12-16-5-6-17(13-18)39-16)26(34)24(27(28)36)19-7-8-21(35)30-23(19)20(14-37)31(38)46-30/h7-8,15-18,22,39H,3-6,9-13,38H2,1-2H3/t15-,16?,17?,18?,22-/m0/s1. The fourth-order valence-electron chi connectivity index (χ4n) is 8.14. The summed E-state index contributed by atoms with van der Waals surface area (Å²) in [5.41, 5.74) is 6.40. The molecule has 4 aliphatic rings. The molecule has 0 radical (unpaired) electrons. The molecule has 0 aliphatic carbocycles. The number of anilines is 2.